The molecule has 148 valence electrons. The molecule has 0 saturated carbocycles. The fourth-order valence-electron chi connectivity index (χ4n) is 2.77. The Kier molecular flexibility index (Phi) is 6.04. The summed E-state index contributed by atoms with van der Waals surface area (Å²) < 4.78 is 19.5. The van der Waals surface area contributed by atoms with E-state index in [1.54, 1.807) is 19.2 Å². The van der Waals surface area contributed by atoms with Gasteiger partial charge in [-0.05, 0) is 13.8 Å². The average molecular weight is 373 g/mol. The van der Waals surface area contributed by atoms with Gasteiger partial charge >= 0.3 is 0 Å². The Morgan fingerprint density at radius 3 is 2.58 bits per heavy atom. The Labute approximate surface area is 152 Å². The molecule has 0 aliphatic carbocycles. The number of nitrogens with two attached hydrogens (primary N) is 1. The van der Waals surface area contributed by atoms with Crippen LogP contribution in [0.1, 0.15) is 58.9 Å². The quantitative estimate of drug-likeness (QED) is 0.629. The summed E-state index contributed by atoms with van der Waals surface area (Å²) in [5.74, 6) is 0.0648. The van der Waals surface area contributed by atoms with Crippen molar-refractivity contribution in [1.29, 1.82) is 0 Å². The molecule has 26 heavy (non-hydrogen) atoms. The van der Waals surface area contributed by atoms with Crippen LogP contribution in [0, 0.1) is 0 Å². The van der Waals surface area contributed by atoms with E-state index in [2.05, 4.69) is 10.2 Å². The first-order valence-corrected chi connectivity index (χ1v) is 8.85. The van der Waals surface area contributed by atoms with Crippen LogP contribution in [-0.4, -0.2) is 68.7 Å². The lowest BCUT2D eigenvalue weighted by Crippen LogP contribution is -2.97. The summed E-state index contributed by atoms with van der Waals surface area (Å²) in [5, 5.41) is 29.4. The number of carbonyl (C=O) groups excluding carboxylic acids is 1. The van der Waals surface area contributed by atoms with Crippen LogP contribution in [0.4, 0.5) is 4.39 Å². The molecule has 1 aliphatic rings. The first-order chi connectivity index (χ1) is 11.9. The van der Waals surface area contributed by atoms with Crippen molar-refractivity contribution in [1.82, 2.24) is 15.1 Å². The Morgan fingerprint density at radius 2 is 2.04 bits per heavy atom. The molecule has 1 fully saturated rings. The highest BCUT2D eigenvalue weighted by Crippen LogP contribution is 2.31. The van der Waals surface area contributed by atoms with Crippen LogP contribution in [0.25, 0.3) is 0 Å². The molecular weight excluding hydrogens is 343 g/mol. The number of aromatic nitrogens is 2. The lowest BCUT2D eigenvalue weighted by atomic mass is 9.97. The minimum atomic E-state index is -1.24. The standard InChI is InChI=1S/C17H29FN4O4/c1-16(2,3)15-21-20-14(26-15)13(25)11-6-10(18)8-22(11)12(24)7-19-17(4,5)9-23/h10-11,13,19,23,25H,6-9H2,1-5H3/p+1/t10-,11-,13+/m0/s1. The molecule has 1 aromatic rings. The predicted octanol–water partition coefficient (Wildman–Crippen LogP) is -0.326. The minimum absolute atomic E-state index is 0.00788. The second-order valence-corrected chi connectivity index (χ2v) is 8.64. The van der Waals surface area contributed by atoms with E-state index >= 15 is 0 Å². The van der Waals surface area contributed by atoms with Crippen molar-refractivity contribution in [2.75, 3.05) is 19.7 Å². The van der Waals surface area contributed by atoms with E-state index in [1.807, 2.05) is 20.8 Å². The third-order valence-electron chi connectivity index (χ3n) is 4.55. The van der Waals surface area contributed by atoms with E-state index in [1.165, 1.54) is 4.90 Å². The van der Waals surface area contributed by atoms with Crippen LogP contribution in [0.5, 0.6) is 0 Å². The molecule has 2 rings (SSSR count). The van der Waals surface area contributed by atoms with E-state index < -0.39 is 23.9 Å². The van der Waals surface area contributed by atoms with Crippen molar-refractivity contribution in [3.8, 4) is 0 Å². The summed E-state index contributed by atoms with van der Waals surface area (Å²) in [5.41, 5.74) is -0.879. The van der Waals surface area contributed by atoms with Gasteiger partial charge in [-0.15, -0.1) is 10.2 Å². The highest BCUT2D eigenvalue weighted by Gasteiger charge is 2.43. The minimum Gasteiger partial charge on any atom is -0.422 e. The van der Waals surface area contributed by atoms with Gasteiger partial charge in [0.15, 0.2) is 12.6 Å². The molecule has 1 saturated heterocycles. The number of hydrogen-bond acceptors (Lipinski definition) is 6. The fraction of sp³-hybridized carbons (Fsp3) is 0.824. The van der Waals surface area contributed by atoms with Crippen molar-refractivity contribution in [3.63, 3.8) is 0 Å². The van der Waals surface area contributed by atoms with Gasteiger partial charge in [-0.3, -0.25) is 4.79 Å². The van der Waals surface area contributed by atoms with Crippen LogP contribution in [0.2, 0.25) is 0 Å². The maximum Gasteiger partial charge on any atom is 0.278 e. The summed E-state index contributed by atoms with van der Waals surface area (Å²) in [6.07, 6.45) is -2.44. The van der Waals surface area contributed by atoms with Crippen LogP contribution >= 0.6 is 0 Å². The zero-order chi connectivity index (χ0) is 19.7. The summed E-state index contributed by atoms with van der Waals surface area (Å²) in [6.45, 7) is 9.21. The van der Waals surface area contributed by atoms with Crippen LogP contribution in [-0.2, 0) is 10.2 Å². The zero-order valence-corrected chi connectivity index (χ0v) is 16.1. The number of carbonyl (C=O) groups is 1. The molecule has 9 heteroatoms. The number of amides is 1. The Morgan fingerprint density at radius 1 is 1.38 bits per heavy atom. The number of rotatable bonds is 6. The molecule has 0 bridgehead atoms. The van der Waals surface area contributed by atoms with Crippen LogP contribution in [0.15, 0.2) is 4.42 Å². The molecular formula is C17H30FN4O4+. The molecule has 1 aliphatic heterocycles. The third kappa shape index (κ3) is 4.77. The van der Waals surface area contributed by atoms with Gasteiger partial charge < -0.3 is 24.8 Å². The average Bonchev–Trinajstić information content (AvgIpc) is 3.18. The van der Waals surface area contributed by atoms with E-state index in [0.717, 1.165) is 0 Å². The fourth-order valence-corrected chi connectivity index (χ4v) is 2.77. The molecule has 1 amide bonds. The molecule has 0 spiro atoms. The first kappa shape index (κ1) is 20.7. The number of nitrogens with zero attached hydrogens (tertiary/aromatic N) is 3. The lowest BCUT2D eigenvalue weighted by Gasteiger charge is -2.27. The number of quaternary nitrogens is 1. The second-order valence-electron chi connectivity index (χ2n) is 8.64. The molecule has 4 N–H and O–H groups in total. The van der Waals surface area contributed by atoms with Crippen molar-refractivity contribution in [3.05, 3.63) is 11.8 Å². The van der Waals surface area contributed by atoms with Crippen molar-refractivity contribution >= 4 is 5.91 Å². The number of aliphatic hydroxyl groups excluding tert-OH is 2. The van der Waals surface area contributed by atoms with Crippen molar-refractivity contribution in [2.45, 2.75) is 70.3 Å². The van der Waals surface area contributed by atoms with Crippen molar-refractivity contribution < 1.29 is 29.1 Å². The maximum atomic E-state index is 14.0. The number of hydrogen-bond donors (Lipinski definition) is 3. The zero-order valence-electron chi connectivity index (χ0n) is 16.1. The van der Waals surface area contributed by atoms with Gasteiger partial charge in [-0.2, -0.15) is 0 Å². The first-order valence-electron chi connectivity index (χ1n) is 8.85. The van der Waals surface area contributed by atoms with Crippen molar-refractivity contribution in [2.24, 2.45) is 0 Å². The van der Waals surface area contributed by atoms with Gasteiger partial charge in [0.2, 0.25) is 11.8 Å². The summed E-state index contributed by atoms with van der Waals surface area (Å²) in [4.78, 5) is 13.9. The molecule has 0 aromatic carbocycles. The van der Waals surface area contributed by atoms with Gasteiger partial charge in [0.1, 0.15) is 11.7 Å². The molecule has 0 unspecified atom stereocenters. The highest BCUT2D eigenvalue weighted by atomic mass is 19.1. The molecule has 2 heterocycles. The van der Waals surface area contributed by atoms with E-state index in [4.69, 9.17) is 4.42 Å². The number of likely N-dealkylation sites (tertiary alicyclic amines) is 1. The second kappa shape index (κ2) is 7.58. The SMILES string of the molecule is CC(C)(CO)[NH2+]CC(=O)N1C[C@@H](F)C[C@H]1[C@@H](O)c1nnc(C(C)(C)C)o1. The highest BCUT2D eigenvalue weighted by molar-refractivity contribution is 5.77. The van der Waals surface area contributed by atoms with E-state index in [9.17, 15) is 19.4 Å². The predicted molar refractivity (Wildman–Crippen MR) is 90.9 cm³/mol. The molecule has 8 nitrogen and oxygen atoms in total. The normalized spacial score (nSPS) is 22.7. The largest absolute Gasteiger partial charge is 0.422 e. The summed E-state index contributed by atoms with van der Waals surface area (Å²) >= 11 is 0. The number of halogens is 1. The van der Waals surface area contributed by atoms with E-state index in [-0.39, 0.29) is 43.3 Å². The van der Waals surface area contributed by atoms with Gasteiger partial charge in [0, 0.05) is 11.8 Å². The van der Waals surface area contributed by atoms with E-state index in [0.29, 0.717) is 5.89 Å². The Hall–Kier alpha value is -1.58. The van der Waals surface area contributed by atoms with Gasteiger partial charge in [-0.1, -0.05) is 20.8 Å². The van der Waals surface area contributed by atoms with Crippen LogP contribution in [0.3, 0.4) is 0 Å². The van der Waals surface area contributed by atoms with Gasteiger partial charge in [-0.25, -0.2) is 4.39 Å². The third-order valence-corrected chi connectivity index (χ3v) is 4.55. The number of alkyl halides is 1. The van der Waals surface area contributed by atoms with Gasteiger partial charge in [0.05, 0.1) is 19.2 Å². The topological polar surface area (TPSA) is 116 Å². The summed E-state index contributed by atoms with van der Waals surface area (Å²) in [7, 11) is 0. The summed E-state index contributed by atoms with van der Waals surface area (Å²) in [6, 6.07) is -0.753. The van der Waals surface area contributed by atoms with Crippen LogP contribution < -0.4 is 5.32 Å². The molecule has 0 radical (unpaired) electrons. The molecule has 3 atom stereocenters. The Balaban J connectivity index is 2.10. The maximum absolute atomic E-state index is 14.0. The number of aliphatic hydroxyl groups is 2. The Bertz CT molecular complexity index is 629. The monoisotopic (exact) mass is 373 g/mol. The smallest absolute Gasteiger partial charge is 0.278 e. The molecule has 1 aromatic heterocycles. The lowest BCUT2D eigenvalue weighted by molar-refractivity contribution is -0.713. The van der Waals surface area contributed by atoms with Gasteiger partial charge in [0.25, 0.3) is 5.91 Å².